The van der Waals surface area contributed by atoms with Crippen LogP contribution in [0, 0.1) is 5.41 Å². The highest BCUT2D eigenvalue weighted by atomic mass is 16.4. The van der Waals surface area contributed by atoms with Crippen LogP contribution >= 0.6 is 0 Å². The second-order valence-corrected chi connectivity index (χ2v) is 8.58. The second kappa shape index (κ2) is 14.3. The average molecular weight is 481 g/mol. The Hall–Kier alpha value is -3.83. The number of benzene rings is 1. The van der Waals surface area contributed by atoms with Crippen LogP contribution in [0.2, 0.25) is 0 Å². The summed E-state index contributed by atoms with van der Waals surface area (Å²) in [5, 5.41) is 22.1. The molecule has 0 aromatic heterocycles. The van der Waals surface area contributed by atoms with E-state index in [1.807, 2.05) is 0 Å². The molecule has 0 saturated carbocycles. The minimum Gasteiger partial charge on any atom is -0.508 e. The Labute approximate surface area is 199 Å². The minimum absolute atomic E-state index is 0.0579. The van der Waals surface area contributed by atoms with Crippen LogP contribution in [0.3, 0.4) is 0 Å². The minimum atomic E-state index is -0.978. The van der Waals surface area contributed by atoms with Gasteiger partial charge in [0.1, 0.15) is 17.8 Å². The van der Waals surface area contributed by atoms with Crippen molar-refractivity contribution >= 4 is 29.7 Å². The summed E-state index contributed by atoms with van der Waals surface area (Å²) in [6.45, 7) is 6.57. The van der Waals surface area contributed by atoms with Crippen LogP contribution in [-0.2, 0) is 25.6 Å². The number of carboxylic acid groups (broad SMARTS) is 1. The van der Waals surface area contributed by atoms with Gasteiger partial charge >= 0.3 is 0 Å². The fourth-order valence-corrected chi connectivity index (χ4v) is 2.51. The van der Waals surface area contributed by atoms with E-state index >= 15 is 0 Å². The van der Waals surface area contributed by atoms with Gasteiger partial charge in [-0.05, 0) is 30.5 Å². The molecule has 3 amide bonds. The van der Waals surface area contributed by atoms with Crippen LogP contribution in [0.15, 0.2) is 29.3 Å². The molecule has 34 heavy (non-hydrogen) atoms. The second-order valence-electron chi connectivity index (χ2n) is 8.58. The molecule has 1 aromatic rings. The number of aliphatic carboxylic acids is 1. The number of guanidine groups is 1. The standard InChI is InChI=1S/C20H32N6O4.C2H4O2/c1-20(2,3)18(30)26-14(5-4-10-24-19(22)23)17(29)25-15(16(21)28)11-12-6-8-13(27)9-7-12;1-2(3)4/h6-9,14-15,27H,4-5,10-11H2,1-3H3,(H2,21,28)(H,25,29)(H,26,30)(H4,22,23,24);1H3,(H,3,4). The lowest BCUT2D eigenvalue weighted by molar-refractivity contribution is -0.134. The third kappa shape index (κ3) is 13.6. The molecule has 2 atom stereocenters. The molecule has 0 radical (unpaired) electrons. The van der Waals surface area contributed by atoms with Gasteiger partial charge in [-0.25, -0.2) is 0 Å². The van der Waals surface area contributed by atoms with Gasteiger partial charge in [-0.3, -0.25) is 24.2 Å². The quantitative estimate of drug-likeness (QED) is 0.132. The van der Waals surface area contributed by atoms with Crippen LogP contribution in [0.5, 0.6) is 5.75 Å². The van der Waals surface area contributed by atoms with Gasteiger partial charge in [-0.2, -0.15) is 0 Å². The third-order valence-electron chi connectivity index (χ3n) is 4.28. The number of rotatable bonds is 10. The highest BCUT2D eigenvalue weighted by Gasteiger charge is 2.29. The molecule has 1 aromatic carbocycles. The Bertz CT molecular complexity index is 856. The van der Waals surface area contributed by atoms with Crippen molar-refractivity contribution in [3.63, 3.8) is 0 Å². The van der Waals surface area contributed by atoms with E-state index in [-0.39, 0.29) is 30.5 Å². The number of nitrogens with two attached hydrogens (primary N) is 3. The van der Waals surface area contributed by atoms with Gasteiger partial charge in [-0.1, -0.05) is 32.9 Å². The van der Waals surface area contributed by atoms with E-state index in [1.54, 1.807) is 32.9 Å². The molecule has 2 unspecified atom stereocenters. The maximum Gasteiger partial charge on any atom is 0.300 e. The summed E-state index contributed by atoms with van der Waals surface area (Å²) < 4.78 is 0. The SMILES string of the molecule is CC(=O)O.CC(C)(C)C(=O)NC(CCCN=C(N)N)C(=O)NC(Cc1ccc(O)cc1)C(N)=O. The number of aromatic hydroxyl groups is 1. The number of amides is 3. The van der Waals surface area contributed by atoms with Crippen molar-refractivity contribution in [1.29, 1.82) is 0 Å². The van der Waals surface area contributed by atoms with E-state index in [0.717, 1.165) is 6.92 Å². The van der Waals surface area contributed by atoms with Gasteiger partial charge in [0.25, 0.3) is 5.97 Å². The van der Waals surface area contributed by atoms with Crippen LogP contribution in [0.25, 0.3) is 0 Å². The summed E-state index contributed by atoms with van der Waals surface area (Å²) in [6.07, 6.45) is 0.865. The molecule has 10 N–H and O–H groups in total. The Morgan fingerprint density at radius 1 is 1.00 bits per heavy atom. The zero-order chi connectivity index (χ0) is 26.5. The molecule has 0 aliphatic rings. The van der Waals surface area contributed by atoms with E-state index < -0.39 is 35.3 Å². The van der Waals surface area contributed by atoms with E-state index in [9.17, 15) is 19.5 Å². The first-order valence-electron chi connectivity index (χ1n) is 10.6. The van der Waals surface area contributed by atoms with Crippen molar-refractivity contribution < 1.29 is 29.4 Å². The fourth-order valence-electron chi connectivity index (χ4n) is 2.51. The molecule has 0 heterocycles. The van der Waals surface area contributed by atoms with Crippen molar-refractivity contribution in [3.05, 3.63) is 29.8 Å². The summed E-state index contributed by atoms with van der Waals surface area (Å²) >= 11 is 0. The van der Waals surface area contributed by atoms with E-state index in [4.69, 9.17) is 27.1 Å². The van der Waals surface area contributed by atoms with Gasteiger partial charge < -0.3 is 38.0 Å². The third-order valence-corrected chi connectivity index (χ3v) is 4.28. The lowest BCUT2D eigenvalue weighted by Crippen LogP contribution is -2.55. The number of hydrogen-bond acceptors (Lipinski definition) is 6. The number of nitrogens with one attached hydrogen (secondary N) is 2. The Balaban J connectivity index is 0.00000251. The van der Waals surface area contributed by atoms with Crippen molar-refractivity contribution in [2.24, 2.45) is 27.6 Å². The fraction of sp³-hybridized carbons (Fsp3) is 0.500. The van der Waals surface area contributed by atoms with Crippen molar-refractivity contribution in [2.75, 3.05) is 6.54 Å². The van der Waals surface area contributed by atoms with Crippen molar-refractivity contribution in [1.82, 2.24) is 10.6 Å². The number of carboxylic acids is 1. The molecule has 190 valence electrons. The smallest absolute Gasteiger partial charge is 0.300 e. The molecule has 0 aliphatic heterocycles. The van der Waals surface area contributed by atoms with Crippen molar-refractivity contribution in [3.8, 4) is 5.75 Å². The molecular formula is C22H36N6O6. The first kappa shape index (κ1) is 30.2. The summed E-state index contributed by atoms with van der Waals surface area (Å²) in [5.74, 6) is -2.35. The average Bonchev–Trinajstić information content (AvgIpc) is 2.69. The maximum absolute atomic E-state index is 12.8. The van der Waals surface area contributed by atoms with E-state index in [1.165, 1.54) is 12.1 Å². The number of carbonyl (C=O) groups excluding carboxylic acids is 3. The summed E-state index contributed by atoms with van der Waals surface area (Å²) in [4.78, 5) is 50.0. The van der Waals surface area contributed by atoms with E-state index in [2.05, 4.69) is 15.6 Å². The van der Waals surface area contributed by atoms with Crippen LogP contribution in [0.1, 0.15) is 46.1 Å². The first-order chi connectivity index (χ1) is 15.6. The molecule has 0 aliphatic carbocycles. The van der Waals surface area contributed by atoms with Crippen LogP contribution in [0.4, 0.5) is 0 Å². The summed E-state index contributed by atoms with van der Waals surface area (Å²) in [6, 6.07) is 4.36. The molecule has 12 heteroatoms. The maximum atomic E-state index is 12.8. The molecule has 0 fully saturated rings. The largest absolute Gasteiger partial charge is 0.508 e. The Morgan fingerprint density at radius 3 is 1.97 bits per heavy atom. The molecular weight excluding hydrogens is 444 g/mol. The lowest BCUT2D eigenvalue weighted by atomic mass is 9.94. The summed E-state index contributed by atoms with van der Waals surface area (Å²) in [7, 11) is 0. The predicted octanol–water partition coefficient (Wildman–Crippen LogP) is -0.420. The zero-order valence-electron chi connectivity index (χ0n) is 20.0. The number of phenols is 1. The number of aliphatic imine (C=N–C) groups is 1. The monoisotopic (exact) mass is 480 g/mol. The molecule has 12 nitrogen and oxygen atoms in total. The van der Waals surface area contributed by atoms with Gasteiger partial charge in [0, 0.05) is 25.3 Å². The highest BCUT2D eigenvalue weighted by molar-refractivity contribution is 5.92. The summed E-state index contributed by atoms with van der Waals surface area (Å²) in [5.41, 5.74) is 16.1. The number of phenolic OH excluding ortho intramolecular Hbond substituents is 1. The molecule has 1 rings (SSSR count). The Morgan fingerprint density at radius 2 is 1.53 bits per heavy atom. The lowest BCUT2D eigenvalue weighted by Gasteiger charge is -2.25. The highest BCUT2D eigenvalue weighted by Crippen LogP contribution is 2.14. The normalized spacial score (nSPS) is 12.2. The van der Waals surface area contributed by atoms with Crippen molar-refractivity contribution in [2.45, 2.75) is 59.0 Å². The number of carbonyl (C=O) groups is 4. The molecule has 0 spiro atoms. The number of nitrogens with zero attached hydrogens (tertiary/aromatic N) is 1. The van der Waals surface area contributed by atoms with Gasteiger partial charge in [0.15, 0.2) is 5.96 Å². The van der Waals surface area contributed by atoms with Gasteiger partial charge in [0.2, 0.25) is 17.7 Å². The Kier molecular flexibility index (Phi) is 12.7. The number of hydrogen-bond donors (Lipinski definition) is 7. The predicted molar refractivity (Wildman–Crippen MR) is 128 cm³/mol. The van der Waals surface area contributed by atoms with Gasteiger partial charge in [0.05, 0.1) is 0 Å². The topological polar surface area (TPSA) is 223 Å². The van der Waals surface area contributed by atoms with Gasteiger partial charge in [-0.15, -0.1) is 0 Å². The first-order valence-corrected chi connectivity index (χ1v) is 10.6. The van der Waals surface area contributed by atoms with E-state index in [0.29, 0.717) is 18.5 Å². The van der Waals surface area contributed by atoms with Crippen LogP contribution in [-0.4, -0.2) is 58.5 Å². The zero-order valence-corrected chi connectivity index (χ0v) is 20.0. The van der Waals surface area contributed by atoms with Crippen LogP contribution < -0.4 is 27.8 Å². The molecule has 0 saturated heterocycles. The molecule has 0 bridgehead atoms. The number of primary amides is 1.